The minimum absolute atomic E-state index is 0.662. The first kappa shape index (κ1) is 26.1. The molecule has 2 nitrogen and oxygen atoms in total. The molecule has 0 atom stereocenters. The Morgan fingerprint density at radius 2 is 0.957 bits per heavy atom. The Labute approximate surface area is 266 Å². The van der Waals surface area contributed by atoms with Crippen LogP contribution in [0.25, 0.3) is 87.5 Å². The van der Waals surface area contributed by atoms with Crippen LogP contribution in [0.1, 0.15) is 5.56 Å². The first-order valence-electron chi connectivity index (χ1n) is 15.5. The van der Waals surface area contributed by atoms with E-state index in [1.165, 1.54) is 54.4 Å². The summed E-state index contributed by atoms with van der Waals surface area (Å²) < 4.78 is 0. The monoisotopic (exact) mass is 582 g/mol. The van der Waals surface area contributed by atoms with Crippen molar-refractivity contribution >= 4 is 54.0 Å². The van der Waals surface area contributed by atoms with Crippen LogP contribution in [0.2, 0.25) is 0 Å². The molecule has 0 N–H and O–H groups in total. The first-order chi connectivity index (χ1) is 22.8. The van der Waals surface area contributed by atoms with Crippen molar-refractivity contribution in [1.29, 1.82) is 5.26 Å². The van der Waals surface area contributed by atoms with E-state index in [-0.39, 0.29) is 0 Å². The Kier molecular flexibility index (Phi) is 5.91. The van der Waals surface area contributed by atoms with E-state index in [2.05, 4.69) is 152 Å². The predicted octanol–water partition coefficient (Wildman–Crippen LogP) is 11.7. The molecule has 9 aromatic rings. The molecular formula is C44H26N2. The highest BCUT2D eigenvalue weighted by Crippen LogP contribution is 2.46. The second kappa shape index (κ2) is 10.4. The van der Waals surface area contributed by atoms with Gasteiger partial charge in [0.25, 0.3) is 0 Å². The lowest BCUT2D eigenvalue weighted by atomic mass is 9.84. The Bertz CT molecular complexity index is 2620. The molecule has 212 valence electrons. The molecule has 0 radical (unpaired) electrons. The average Bonchev–Trinajstić information content (AvgIpc) is 3.13. The lowest BCUT2D eigenvalue weighted by Gasteiger charge is -2.19. The average molecular weight is 583 g/mol. The van der Waals surface area contributed by atoms with Crippen LogP contribution < -0.4 is 0 Å². The summed E-state index contributed by atoms with van der Waals surface area (Å²) in [6, 6.07) is 57.9. The molecule has 0 aliphatic rings. The maximum atomic E-state index is 9.44. The topological polar surface area (TPSA) is 36.7 Å². The molecule has 0 saturated heterocycles. The zero-order valence-electron chi connectivity index (χ0n) is 24.9. The van der Waals surface area contributed by atoms with Gasteiger partial charge >= 0.3 is 0 Å². The third-order valence-corrected chi connectivity index (χ3v) is 9.27. The first-order valence-corrected chi connectivity index (χ1v) is 15.5. The van der Waals surface area contributed by atoms with Crippen LogP contribution in [0.3, 0.4) is 0 Å². The van der Waals surface area contributed by atoms with E-state index in [0.29, 0.717) is 5.56 Å². The van der Waals surface area contributed by atoms with Crippen LogP contribution in [0, 0.1) is 11.3 Å². The number of para-hydroxylation sites is 1. The van der Waals surface area contributed by atoms with Gasteiger partial charge in [0.15, 0.2) is 0 Å². The van der Waals surface area contributed by atoms with E-state index in [9.17, 15) is 5.26 Å². The normalized spacial score (nSPS) is 11.5. The van der Waals surface area contributed by atoms with Gasteiger partial charge in [0.1, 0.15) is 0 Å². The number of nitrogens with zero attached hydrogens (tertiary/aromatic N) is 2. The van der Waals surface area contributed by atoms with E-state index in [0.717, 1.165) is 33.1 Å². The van der Waals surface area contributed by atoms with Crippen LogP contribution in [-0.2, 0) is 0 Å². The van der Waals surface area contributed by atoms with E-state index < -0.39 is 0 Å². The number of pyridine rings is 1. The molecule has 0 bridgehead atoms. The van der Waals surface area contributed by atoms with Gasteiger partial charge in [0.2, 0.25) is 0 Å². The maximum Gasteiger partial charge on any atom is 0.0991 e. The van der Waals surface area contributed by atoms with Crippen molar-refractivity contribution in [3.8, 4) is 39.6 Å². The van der Waals surface area contributed by atoms with Crippen molar-refractivity contribution in [3.05, 3.63) is 163 Å². The Hall–Kier alpha value is -6.30. The van der Waals surface area contributed by atoms with Gasteiger partial charge in [-0.25, -0.2) is 4.98 Å². The molecule has 0 spiro atoms. The summed E-state index contributed by atoms with van der Waals surface area (Å²) in [5, 5.41) is 20.2. The van der Waals surface area contributed by atoms with Gasteiger partial charge in [0, 0.05) is 21.7 Å². The van der Waals surface area contributed by atoms with Crippen LogP contribution >= 0.6 is 0 Å². The van der Waals surface area contributed by atoms with Gasteiger partial charge in [-0.05, 0) is 72.8 Å². The Morgan fingerprint density at radius 3 is 1.63 bits per heavy atom. The fourth-order valence-electron chi connectivity index (χ4n) is 7.28. The minimum atomic E-state index is 0.662. The number of hydrogen-bond acceptors (Lipinski definition) is 2. The fraction of sp³-hybridized carbons (Fsp3) is 0. The number of nitriles is 1. The molecule has 0 aliphatic heterocycles. The lowest BCUT2D eigenvalue weighted by Crippen LogP contribution is -1.93. The SMILES string of the molecule is N#Cc1ccc(-c2c3ccccc3c(-c3cccc4c3ccc3c(-c5ccccc5)nc5ccccc5c34)c3ccccc23)cc1. The molecule has 1 aromatic heterocycles. The molecule has 0 saturated carbocycles. The van der Waals surface area contributed by atoms with Gasteiger partial charge in [-0.3, -0.25) is 0 Å². The molecule has 0 aliphatic carbocycles. The number of fused-ring (bicyclic) bond motifs is 7. The highest BCUT2D eigenvalue weighted by Gasteiger charge is 2.19. The summed E-state index contributed by atoms with van der Waals surface area (Å²) in [4.78, 5) is 5.17. The van der Waals surface area contributed by atoms with Crippen molar-refractivity contribution in [2.75, 3.05) is 0 Å². The maximum absolute atomic E-state index is 9.44. The van der Waals surface area contributed by atoms with E-state index >= 15 is 0 Å². The van der Waals surface area contributed by atoms with E-state index in [4.69, 9.17) is 4.98 Å². The molecule has 1 heterocycles. The molecule has 0 amide bonds. The highest BCUT2D eigenvalue weighted by molar-refractivity contribution is 6.28. The van der Waals surface area contributed by atoms with Crippen molar-refractivity contribution in [2.45, 2.75) is 0 Å². The van der Waals surface area contributed by atoms with Gasteiger partial charge in [0.05, 0.1) is 22.8 Å². The number of rotatable bonds is 3. The zero-order chi connectivity index (χ0) is 30.6. The third kappa shape index (κ3) is 3.93. The largest absolute Gasteiger partial charge is 0.247 e. The Morgan fingerprint density at radius 1 is 0.391 bits per heavy atom. The lowest BCUT2D eigenvalue weighted by molar-refractivity contribution is 1.43. The van der Waals surface area contributed by atoms with Gasteiger partial charge in [-0.2, -0.15) is 5.26 Å². The predicted molar refractivity (Wildman–Crippen MR) is 193 cm³/mol. The number of aromatic nitrogens is 1. The second-order valence-electron chi connectivity index (χ2n) is 11.8. The smallest absolute Gasteiger partial charge is 0.0991 e. The molecule has 2 heteroatoms. The molecule has 0 unspecified atom stereocenters. The molecule has 46 heavy (non-hydrogen) atoms. The summed E-state index contributed by atoms with van der Waals surface area (Å²) >= 11 is 0. The van der Waals surface area contributed by atoms with Gasteiger partial charge < -0.3 is 0 Å². The second-order valence-corrected chi connectivity index (χ2v) is 11.8. The summed E-state index contributed by atoms with van der Waals surface area (Å²) in [6.07, 6.45) is 0. The van der Waals surface area contributed by atoms with Crippen molar-refractivity contribution in [1.82, 2.24) is 4.98 Å². The van der Waals surface area contributed by atoms with Crippen LogP contribution in [0.15, 0.2) is 158 Å². The third-order valence-electron chi connectivity index (χ3n) is 9.27. The highest BCUT2D eigenvalue weighted by atomic mass is 14.7. The summed E-state index contributed by atoms with van der Waals surface area (Å²) in [5.41, 5.74) is 8.51. The number of hydrogen-bond donors (Lipinski definition) is 0. The van der Waals surface area contributed by atoms with Crippen molar-refractivity contribution in [2.24, 2.45) is 0 Å². The van der Waals surface area contributed by atoms with Crippen LogP contribution in [0.5, 0.6) is 0 Å². The van der Waals surface area contributed by atoms with Crippen LogP contribution in [-0.4, -0.2) is 4.98 Å². The molecule has 8 aromatic carbocycles. The fourth-order valence-corrected chi connectivity index (χ4v) is 7.28. The van der Waals surface area contributed by atoms with Crippen LogP contribution in [0.4, 0.5) is 0 Å². The quantitative estimate of drug-likeness (QED) is 0.153. The minimum Gasteiger partial charge on any atom is -0.247 e. The molecule has 9 rings (SSSR count). The molecule has 0 fully saturated rings. The standard InChI is InChI=1S/C44H26N2/c45-27-28-21-23-29(24-22-28)41-34-13-4-6-15-36(34)42(37-16-7-5-14-35(37)41)32-18-10-19-33-31(32)25-26-39-43(33)38-17-8-9-20-40(38)46-44(39)30-11-2-1-3-12-30/h1-26H. The summed E-state index contributed by atoms with van der Waals surface area (Å²) in [6.45, 7) is 0. The summed E-state index contributed by atoms with van der Waals surface area (Å²) in [5.74, 6) is 0. The van der Waals surface area contributed by atoms with Crippen molar-refractivity contribution < 1.29 is 0 Å². The Balaban J connectivity index is 1.41. The van der Waals surface area contributed by atoms with Crippen molar-refractivity contribution in [3.63, 3.8) is 0 Å². The molecular weight excluding hydrogens is 556 g/mol. The van der Waals surface area contributed by atoms with E-state index in [1.807, 2.05) is 12.1 Å². The zero-order valence-corrected chi connectivity index (χ0v) is 24.9. The van der Waals surface area contributed by atoms with Gasteiger partial charge in [-0.1, -0.05) is 140 Å². The van der Waals surface area contributed by atoms with E-state index in [1.54, 1.807) is 0 Å². The van der Waals surface area contributed by atoms with Gasteiger partial charge in [-0.15, -0.1) is 0 Å². The summed E-state index contributed by atoms with van der Waals surface area (Å²) in [7, 11) is 0. The number of benzene rings is 8.